The second kappa shape index (κ2) is 5.14. The van der Waals surface area contributed by atoms with Gasteiger partial charge in [0.25, 0.3) is 0 Å². The summed E-state index contributed by atoms with van der Waals surface area (Å²) in [6.45, 7) is 4.98. The third-order valence-electron chi connectivity index (χ3n) is 2.89. The Kier molecular flexibility index (Phi) is 3.79. The lowest BCUT2D eigenvalue weighted by atomic mass is 10.2. The number of aromatic nitrogens is 3. The van der Waals surface area contributed by atoms with E-state index < -0.39 is 0 Å². The van der Waals surface area contributed by atoms with Crippen LogP contribution in [0.25, 0.3) is 11.2 Å². The zero-order valence-corrected chi connectivity index (χ0v) is 11.7. The molecule has 1 unspecified atom stereocenters. The molecule has 0 radical (unpaired) electrons. The smallest absolute Gasteiger partial charge is 0.160 e. The van der Waals surface area contributed by atoms with Crippen molar-refractivity contribution in [3.63, 3.8) is 0 Å². The highest BCUT2D eigenvalue weighted by atomic mass is 79.9. The standard InChI is InChI=1S/C12H17BrN4/c1-3-9(14)7-17-11(4-2)16-10-5-8(13)6-15-12(10)17/h5-6,9H,3-4,7,14H2,1-2H3. The SMILES string of the molecule is CCc1nc2cc(Br)cnc2n1CC(N)CC. The van der Waals surface area contributed by atoms with Crippen LogP contribution < -0.4 is 5.73 Å². The summed E-state index contributed by atoms with van der Waals surface area (Å²) in [6.07, 6.45) is 3.65. The number of rotatable bonds is 4. The first-order valence-electron chi connectivity index (χ1n) is 5.92. The molecule has 0 aromatic carbocycles. The number of pyridine rings is 1. The van der Waals surface area contributed by atoms with E-state index in [1.165, 1.54) is 0 Å². The second-order valence-electron chi connectivity index (χ2n) is 4.16. The lowest BCUT2D eigenvalue weighted by Gasteiger charge is -2.12. The summed E-state index contributed by atoms with van der Waals surface area (Å²) >= 11 is 3.42. The Labute approximate surface area is 109 Å². The minimum absolute atomic E-state index is 0.156. The molecule has 0 aliphatic heterocycles. The van der Waals surface area contributed by atoms with Gasteiger partial charge in [-0.05, 0) is 28.4 Å². The normalized spacial score (nSPS) is 13.2. The minimum Gasteiger partial charge on any atom is -0.326 e. The van der Waals surface area contributed by atoms with Gasteiger partial charge in [0.1, 0.15) is 11.3 Å². The fourth-order valence-electron chi connectivity index (χ4n) is 1.86. The molecule has 5 heteroatoms. The number of hydrogen-bond donors (Lipinski definition) is 1. The van der Waals surface area contributed by atoms with E-state index >= 15 is 0 Å². The molecule has 2 rings (SSSR count). The molecule has 0 amide bonds. The molecule has 0 aliphatic rings. The molecule has 17 heavy (non-hydrogen) atoms. The van der Waals surface area contributed by atoms with Gasteiger partial charge in [-0.25, -0.2) is 9.97 Å². The first-order chi connectivity index (χ1) is 8.15. The Hall–Kier alpha value is -0.940. The highest BCUT2D eigenvalue weighted by molar-refractivity contribution is 9.10. The number of halogens is 1. The van der Waals surface area contributed by atoms with Gasteiger partial charge in [0.05, 0.1) is 0 Å². The molecular formula is C12H17BrN4. The Balaban J connectivity index is 2.50. The molecule has 92 valence electrons. The van der Waals surface area contributed by atoms with Crippen LogP contribution in [0.1, 0.15) is 26.1 Å². The summed E-state index contributed by atoms with van der Waals surface area (Å²) in [5, 5.41) is 0. The molecule has 4 nitrogen and oxygen atoms in total. The van der Waals surface area contributed by atoms with Gasteiger partial charge in [0, 0.05) is 29.7 Å². The molecule has 2 heterocycles. The van der Waals surface area contributed by atoms with Crippen LogP contribution in [0.2, 0.25) is 0 Å². The van der Waals surface area contributed by atoms with Crippen molar-refractivity contribution in [3.05, 3.63) is 22.6 Å². The van der Waals surface area contributed by atoms with Crippen LogP contribution in [0.15, 0.2) is 16.7 Å². The summed E-state index contributed by atoms with van der Waals surface area (Å²) in [4.78, 5) is 9.03. The lowest BCUT2D eigenvalue weighted by molar-refractivity contribution is 0.532. The molecule has 0 saturated heterocycles. The first-order valence-corrected chi connectivity index (χ1v) is 6.71. The summed E-state index contributed by atoms with van der Waals surface area (Å²) in [7, 11) is 0. The Morgan fingerprint density at radius 3 is 2.88 bits per heavy atom. The van der Waals surface area contributed by atoms with Gasteiger partial charge < -0.3 is 10.3 Å². The number of imidazole rings is 1. The average Bonchev–Trinajstić information content (AvgIpc) is 2.66. The summed E-state index contributed by atoms with van der Waals surface area (Å²) < 4.78 is 3.09. The predicted molar refractivity (Wildman–Crippen MR) is 72.9 cm³/mol. The third-order valence-corrected chi connectivity index (χ3v) is 3.32. The molecule has 0 saturated carbocycles. The zero-order chi connectivity index (χ0) is 12.4. The van der Waals surface area contributed by atoms with E-state index in [1.807, 2.05) is 6.07 Å². The molecule has 2 aromatic rings. The van der Waals surface area contributed by atoms with E-state index in [9.17, 15) is 0 Å². The molecule has 0 spiro atoms. The van der Waals surface area contributed by atoms with Gasteiger partial charge in [-0.3, -0.25) is 0 Å². The van der Waals surface area contributed by atoms with Crippen LogP contribution >= 0.6 is 15.9 Å². The van der Waals surface area contributed by atoms with E-state index in [1.54, 1.807) is 6.20 Å². The number of fused-ring (bicyclic) bond motifs is 1. The van der Waals surface area contributed by atoms with Crippen LogP contribution in [-0.2, 0) is 13.0 Å². The van der Waals surface area contributed by atoms with Crippen molar-refractivity contribution in [2.45, 2.75) is 39.3 Å². The molecular weight excluding hydrogens is 280 g/mol. The highest BCUT2D eigenvalue weighted by Gasteiger charge is 2.12. The Bertz CT molecular complexity index is 520. The molecule has 2 N–H and O–H groups in total. The van der Waals surface area contributed by atoms with Gasteiger partial charge in [-0.15, -0.1) is 0 Å². The van der Waals surface area contributed by atoms with Crippen LogP contribution in [0.5, 0.6) is 0 Å². The number of hydrogen-bond acceptors (Lipinski definition) is 3. The van der Waals surface area contributed by atoms with Crippen LogP contribution in [0.4, 0.5) is 0 Å². The van der Waals surface area contributed by atoms with Crippen LogP contribution in [-0.4, -0.2) is 20.6 Å². The maximum absolute atomic E-state index is 6.02. The molecule has 2 aromatic heterocycles. The van der Waals surface area contributed by atoms with Crippen molar-refractivity contribution in [3.8, 4) is 0 Å². The maximum Gasteiger partial charge on any atom is 0.160 e. The molecule has 0 fully saturated rings. The van der Waals surface area contributed by atoms with E-state index in [-0.39, 0.29) is 6.04 Å². The predicted octanol–water partition coefficient (Wildman–Crippen LogP) is 2.49. The van der Waals surface area contributed by atoms with E-state index in [0.29, 0.717) is 0 Å². The summed E-state index contributed by atoms with van der Waals surface area (Å²) in [6, 6.07) is 2.15. The monoisotopic (exact) mass is 296 g/mol. The Morgan fingerprint density at radius 2 is 2.24 bits per heavy atom. The van der Waals surface area contributed by atoms with Gasteiger partial charge in [0.2, 0.25) is 0 Å². The first kappa shape index (κ1) is 12.5. The van der Waals surface area contributed by atoms with Gasteiger partial charge in [-0.2, -0.15) is 0 Å². The zero-order valence-electron chi connectivity index (χ0n) is 10.2. The second-order valence-corrected chi connectivity index (χ2v) is 5.07. The number of nitrogens with two attached hydrogens (primary N) is 1. The van der Waals surface area contributed by atoms with Crippen LogP contribution in [0, 0.1) is 0 Å². The van der Waals surface area contributed by atoms with Gasteiger partial charge >= 0.3 is 0 Å². The molecule has 0 bridgehead atoms. The average molecular weight is 297 g/mol. The van der Waals surface area contributed by atoms with Crippen LogP contribution in [0.3, 0.4) is 0 Å². The minimum atomic E-state index is 0.156. The van der Waals surface area contributed by atoms with E-state index in [4.69, 9.17) is 5.73 Å². The fourth-order valence-corrected chi connectivity index (χ4v) is 2.18. The Morgan fingerprint density at radius 1 is 1.47 bits per heavy atom. The third kappa shape index (κ3) is 2.50. The van der Waals surface area contributed by atoms with Crippen molar-refractivity contribution in [2.75, 3.05) is 0 Å². The number of aryl methyl sites for hydroxylation is 1. The van der Waals surface area contributed by atoms with Crippen molar-refractivity contribution in [1.29, 1.82) is 0 Å². The van der Waals surface area contributed by atoms with E-state index in [0.717, 1.165) is 40.8 Å². The van der Waals surface area contributed by atoms with Crippen molar-refractivity contribution in [1.82, 2.24) is 14.5 Å². The number of nitrogens with zero attached hydrogens (tertiary/aromatic N) is 3. The molecule has 0 aliphatic carbocycles. The largest absolute Gasteiger partial charge is 0.326 e. The van der Waals surface area contributed by atoms with Crippen molar-refractivity contribution >= 4 is 27.1 Å². The van der Waals surface area contributed by atoms with Gasteiger partial charge in [-0.1, -0.05) is 13.8 Å². The van der Waals surface area contributed by atoms with E-state index in [2.05, 4.69) is 44.3 Å². The summed E-state index contributed by atoms with van der Waals surface area (Å²) in [5.41, 5.74) is 7.88. The van der Waals surface area contributed by atoms with Gasteiger partial charge in [0.15, 0.2) is 5.65 Å². The maximum atomic E-state index is 6.02. The van der Waals surface area contributed by atoms with Crippen molar-refractivity contribution < 1.29 is 0 Å². The highest BCUT2D eigenvalue weighted by Crippen LogP contribution is 2.19. The lowest BCUT2D eigenvalue weighted by Crippen LogP contribution is -2.26. The fraction of sp³-hybridized carbons (Fsp3) is 0.500. The molecule has 1 atom stereocenters. The quantitative estimate of drug-likeness (QED) is 0.943. The summed E-state index contributed by atoms with van der Waals surface area (Å²) in [5.74, 6) is 1.05. The topological polar surface area (TPSA) is 56.7 Å². The van der Waals surface area contributed by atoms with Crippen molar-refractivity contribution in [2.24, 2.45) is 5.73 Å².